The fourth-order valence-electron chi connectivity index (χ4n) is 2.00. The van der Waals surface area contributed by atoms with Gasteiger partial charge in [0.05, 0.1) is 27.4 Å². The van der Waals surface area contributed by atoms with Gasteiger partial charge >= 0.3 is 0 Å². The predicted octanol–water partition coefficient (Wildman–Crippen LogP) is 3.18. The summed E-state index contributed by atoms with van der Waals surface area (Å²) in [6.45, 7) is 1.87. The van der Waals surface area contributed by atoms with Gasteiger partial charge in [0.25, 0.3) is 0 Å². The van der Waals surface area contributed by atoms with Gasteiger partial charge in [-0.3, -0.25) is 0 Å². The summed E-state index contributed by atoms with van der Waals surface area (Å²) in [5.41, 5.74) is 0. The largest absolute Gasteiger partial charge is 0.493 e. The lowest BCUT2D eigenvalue weighted by Crippen LogP contribution is -2.12. The number of ether oxygens (including phenoxy) is 5. The van der Waals surface area contributed by atoms with Crippen LogP contribution < -0.4 is 18.9 Å². The Kier molecular flexibility index (Phi) is 7.07. The molecule has 23 heavy (non-hydrogen) atoms. The maximum Gasteiger partial charge on any atom is 0.161 e. The number of rotatable bonds is 10. The summed E-state index contributed by atoms with van der Waals surface area (Å²) in [5.74, 6) is 2.85. The Hall–Kier alpha value is -2.40. The van der Waals surface area contributed by atoms with Crippen molar-refractivity contribution in [1.82, 2.24) is 0 Å². The second kappa shape index (κ2) is 9.58. The molecule has 0 amide bonds. The van der Waals surface area contributed by atoms with E-state index >= 15 is 0 Å². The molecular weight excluding hydrogens is 296 g/mol. The van der Waals surface area contributed by atoms with Gasteiger partial charge < -0.3 is 23.7 Å². The quantitative estimate of drug-likeness (QED) is 0.630. The minimum atomic E-state index is 0.453. The Bertz CT molecular complexity index is 534. The summed E-state index contributed by atoms with van der Waals surface area (Å²) in [6, 6.07) is 15.1. The van der Waals surface area contributed by atoms with Crippen molar-refractivity contribution in [2.45, 2.75) is 0 Å². The van der Waals surface area contributed by atoms with Gasteiger partial charge in [0.2, 0.25) is 0 Å². The standard InChI is InChI=1S/C18H22O5/c1-19-15-7-3-5-9-17(15)22-13-11-21-12-14-23-18-10-6-4-8-16(18)20-2/h3-10H,11-14H2,1-2H3. The first-order valence-corrected chi connectivity index (χ1v) is 7.44. The molecule has 0 saturated carbocycles. The van der Waals surface area contributed by atoms with E-state index in [-0.39, 0.29) is 0 Å². The highest BCUT2D eigenvalue weighted by Gasteiger charge is 2.03. The molecule has 0 aliphatic heterocycles. The van der Waals surface area contributed by atoms with E-state index in [1.807, 2.05) is 48.5 Å². The number of hydrogen-bond acceptors (Lipinski definition) is 5. The van der Waals surface area contributed by atoms with Crippen molar-refractivity contribution in [3.63, 3.8) is 0 Å². The first-order valence-electron chi connectivity index (χ1n) is 7.44. The number of methoxy groups -OCH3 is 2. The Morgan fingerprint density at radius 1 is 0.565 bits per heavy atom. The van der Waals surface area contributed by atoms with Gasteiger partial charge in [-0.15, -0.1) is 0 Å². The van der Waals surface area contributed by atoms with Crippen LogP contribution in [0.3, 0.4) is 0 Å². The molecule has 0 spiro atoms. The molecule has 0 unspecified atom stereocenters. The van der Waals surface area contributed by atoms with Gasteiger partial charge in [-0.05, 0) is 24.3 Å². The minimum Gasteiger partial charge on any atom is -0.493 e. The predicted molar refractivity (Wildman–Crippen MR) is 87.8 cm³/mol. The number of benzene rings is 2. The van der Waals surface area contributed by atoms with Crippen LogP contribution in [0.25, 0.3) is 0 Å². The average molecular weight is 318 g/mol. The second-order valence-electron chi connectivity index (χ2n) is 4.61. The fourth-order valence-corrected chi connectivity index (χ4v) is 2.00. The normalized spacial score (nSPS) is 10.2. The van der Waals surface area contributed by atoms with E-state index in [4.69, 9.17) is 23.7 Å². The van der Waals surface area contributed by atoms with Crippen LogP contribution in [0.5, 0.6) is 23.0 Å². The lowest BCUT2D eigenvalue weighted by Gasteiger charge is -2.12. The summed E-state index contributed by atoms with van der Waals surface area (Å²) < 4.78 is 27.2. The fraction of sp³-hybridized carbons (Fsp3) is 0.333. The summed E-state index contributed by atoms with van der Waals surface area (Å²) >= 11 is 0. The third-order valence-corrected chi connectivity index (χ3v) is 3.11. The molecule has 2 aromatic rings. The topological polar surface area (TPSA) is 46.2 Å². The zero-order valence-electron chi connectivity index (χ0n) is 13.5. The molecule has 0 aromatic heterocycles. The highest BCUT2D eigenvalue weighted by molar-refractivity contribution is 5.39. The van der Waals surface area contributed by atoms with Gasteiger partial charge in [0.15, 0.2) is 23.0 Å². The number of para-hydroxylation sites is 4. The van der Waals surface area contributed by atoms with Crippen molar-refractivity contribution >= 4 is 0 Å². The second-order valence-corrected chi connectivity index (χ2v) is 4.61. The summed E-state index contributed by atoms with van der Waals surface area (Å²) in [4.78, 5) is 0. The van der Waals surface area contributed by atoms with Crippen LogP contribution in [-0.2, 0) is 4.74 Å². The summed E-state index contributed by atoms with van der Waals surface area (Å²) in [7, 11) is 3.24. The third-order valence-electron chi connectivity index (χ3n) is 3.11. The monoisotopic (exact) mass is 318 g/mol. The van der Waals surface area contributed by atoms with Crippen LogP contribution in [0.4, 0.5) is 0 Å². The molecule has 2 aromatic carbocycles. The smallest absolute Gasteiger partial charge is 0.161 e. The molecule has 0 aliphatic carbocycles. The first kappa shape index (κ1) is 17.0. The Morgan fingerprint density at radius 3 is 1.35 bits per heavy atom. The molecule has 5 heteroatoms. The van der Waals surface area contributed by atoms with Gasteiger partial charge in [-0.25, -0.2) is 0 Å². The molecule has 124 valence electrons. The highest BCUT2D eigenvalue weighted by atomic mass is 16.6. The van der Waals surface area contributed by atoms with Crippen molar-refractivity contribution in [3.8, 4) is 23.0 Å². The molecule has 0 heterocycles. The molecule has 0 aliphatic rings. The van der Waals surface area contributed by atoms with E-state index in [1.54, 1.807) is 14.2 Å². The average Bonchev–Trinajstić information content (AvgIpc) is 2.61. The van der Waals surface area contributed by atoms with Gasteiger partial charge in [-0.2, -0.15) is 0 Å². The molecule has 0 radical (unpaired) electrons. The van der Waals surface area contributed by atoms with Crippen LogP contribution in [0, 0.1) is 0 Å². The molecule has 0 fully saturated rings. The maximum absolute atomic E-state index is 5.62. The lowest BCUT2D eigenvalue weighted by molar-refractivity contribution is 0.0750. The van der Waals surface area contributed by atoms with Crippen LogP contribution in [0.2, 0.25) is 0 Å². The van der Waals surface area contributed by atoms with Crippen molar-refractivity contribution in [2.75, 3.05) is 40.6 Å². The van der Waals surface area contributed by atoms with Crippen molar-refractivity contribution in [2.24, 2.45) is 0 Å². The van der Waals surface area contributed by atoms with E-state index in [1.165, 1.54) is 0 Å². The molecule has 0 N–H and O–H groups in total. The van der Waals surface area contributed by atoms with E-state index in [0.717, 1.165) is 0 Å². The van der Waals surface area contributed by atoms with Crippen LogP contribution in [0.1, 0.15) is 0 Å². The molecule has 0 bridgehead atoms. The first-order chi connectivity index (χ1) is 11.3. The Balaban J connectivity index is 1.61. The van der Waals surface area contributed by atoms with Crippen molar-refractivity contribution < 1.29 is 23.7 Å². The van der Waals surface area contributed by atoms with Gasteiger partial charge in [0.1, 0.15) is 13.2 Å². The zero-order chi connectivity index (χ0) is 16.3. The molecule has 2 rings (SSSR count). The van der Waals surface area contributed by atoms with Gasteiger partial charge in [0, 0.05) is 0 Å². The Labute approximate surface area is 136 Å². The van der Waals surface area contributed by atoms with Crippen LogP contribution in [-0.4, -0.2) is 40.6 Å². The number of hydrogen-bond donors (Lipinski definition) is 0. The van der Waals surface area contributed by atoms with E-state index in [0.29, 0.717) is 49.4 Å². The van der Waals surface area contributed by atoms with E-state index < -0.39 is 0 Å². The molecule has 5 nitrogen and oxygen atoms in total. The molecule has 0 saturated heterocycles. The maximum atomic E-state index is 5.62. The van der Waals surface area contributed by atoms with Gasteiger partial charge in [-0.1, -0.05) is 24.3 Å². The van der Waals surface area contributed by atoms with Crippen LogP contribution in [0.15, 0.2) is 48.5 Å². The molecule has 0 atom stereocenters. The SMILES string of the molecule is COc1ccccc1OCCOCCOc1ccccc1OC. The van der Waals surface area contributed by atoms with Crippen molar-refractivity contribution in [3.05, 3.63) is 48.5 Å². The molecular formula is C18H22O5. The summed E-state index contributed by atoms with van der Waals surface area (Å²) in [6.07, 6.45) is 0. The zero-order valence-corrected chi connectivity index (χ0v) is 13.5. The highest BCUT2D eigenvalue weighted by Crippen LogP contribution is 2.26. The third kappa shape index (κ3) is 5.38. The van der Waals surface area contributed by atoms with E-state index in [2.05, 4.69) is 0 Å². The lowest BCUT2D eigenvalue weighted by atomic mass is 10.3. The summed E-state index contributed by atoms with van der Waals surface area (Å²) in [5, 5.41) is 0. The van der Waals surface area contributed by atoms with Crippen molar-refractivity contribution in [1.29, 1.82) is 0 Å². The van der Waals surface area contributed by atoms with E-state index in [9.17, 15) is 0 Å². The van der Waals surface area contributed by atoms with Crippen LogP contribution >= 0.6 is 0 Å². The Morgan fingerprint density at radius 2 is 0.957 bits per heavy atom. The minimum absolute atomic E-state index is 0.453.